The highest BCUT2D eigenvalue weighted by molar-refractivity contribution is 8.13. The zero-order valence-corrected chi connectivity index (χ0v) is 14.5. The fourth-order valence-electron chi connectivity index (χ4n) is 2.97. The number of aliphatic imine (C=N–C) groups is 1. The monoisotopic (exact) mass is 326 g/mol. The van der Waals surface area contributed by atoms with Gasteiger partial charge in [0.1, 0.15) is 0 Å². The number of hydrogen-bond acceptors (Lipinski definition) is 5. The first-order chi connectivity index (χ1) is 10.6. The molecule has 0 spiro atoms. The summed E-state index contributed by atoms with van der Waals surface area (Å²) in [6.45, 7) is 3.04. The van der Waals surface area contributed by atoms with Gasteiger partial charge < -0.3 is 9.80 Å². The second-order valence-corrected chi connectivity index (χ2v) is 6.61. The summed E-state index contributed by atoms with van der Waals surface area (Å²) in [5.74, 6) is -0.230. The smallest absolute Gasteiger partial charge is 0.325 e. The molecule has 1 fully saturated rings. The number of carbonyl (C=O) groups excluding carboxylic acids is 2. The maximum absolute atomic E-state index is 12.2. The lowest BCUT2D eigenvalue weighted by Gasteiger charge is -2.36. The fraction of sp³-hybridized carbons (Fsp3) is 0.800. The topological polar surface area (TPSA) is 65.0 Å². The van der Waals surface area contributed by atoms with E-state index in [2.05, 4.69) is 22.1 Å². The maximum atomic E-state index is 12.2. The number of likely N-dealkylation sites (N-methyl/N-ethyl adjacent to an activating group) is 1. The SMILES string of the molecule is CCCCCCCCN1C(SC)=NC2C1C(=O)NC(=O)N2C. The van der Waals surface area contributed by atoms with Crippen molar-refractivity contribution in [2.75, 3.05) is 19.8 Å². The largest absolute Gasteiger partial charge is 0.336 e. The summed E-state index contributed by atoms with van der Waals surface area (Å²) in [5.41, 5.74) is 0. The van der Waals surface area contributed by atoms with Gasteiger partial charge in [-0.2, -0.15) is 0 Å². The fourth-order valence-corrected chi connectivity index (χ4v) is 3.62. The average molecular weight is 326 g/mol. The highest BCUT2D eigenvalue weighted by atomic mass is 32.2. The number of amides is 3. The molecule has 7 heteroatoms. The summed E-state index contributed by atoms with van der Waals surface area (Å²) in [7, 11) is 1.69. The van der Waals surface area contributed by atoms with Crippen LogP contribution in [0.25, 0.3) is 0 Å². The number of rotatable bonds is 7. The maximum Gasteiger partial charge on any atom is 0.325 e. The van der Waals surface area contributed by atoms with Gasteiger partial charge in [0.25, 0.3) is 5.91 Å². The molecular weight excluding hydrogens is 300 g/mol. The van der Waals surface area contributed by atoms with Crippen LogP contribution in [0.2, 0.25) is 0 Å². The molecule has 6 nitrogen and oxygen atoms in total. The molecule has 0 radical (unpaired) electrons. The molecule has 0 aromatic carbocycles. The quantitative estimate of drug-likeness (QED) is 0.729. The van der Waals surface area contributed by atoms with E-state index in [1.54, 1.807) is 18.8 Å². The molecule has 2 aliphatic rings. The summed E-state index contributed by atoms with van der Waals surface area (Å²) in [6, 6.07) is -0.738. The normalized spacial score (nSPS) is 24.4. The summed E-state index contributed by atoms with van der Waals surface area (Å²) in [5, 5.41) is 3.28. The Morgan fingerprint density at radius 2 is 1.86 bits per heavy atom. The van der Waals surface area contributed by atoms with E-state index >= 15 is 0 Å². The van der Waals surface area contributed by atoms with Gasteiger partial charge in [0.15, 0.2) is 17.4 Å². The van der Waals surface area contributed by atoms with E-state index in [4.69, 9.17) is 0 Å². The van der Waals surface area contributed by atoms with Crippen molar-refractivity contribution < 1.29 is 9.59 Å². The Morgan fingerprint density at radius 1 is 1.18 bits per heavy atom. The number of hydrogen-bond donors (Lipinski definition) is 1. The van der Waals surface area contributed by atoms with Crippen LogP contribution in [0.15, 0.2) is 4.99 Å². The number of fused-ring (bicyclic) bond motifs is 1. The summed E-state index contributed by atoms with van der Waals surface area (Å²) in [6.07, 6.45) is 8.87. The molecule has 0 saturated carbocycles. The molecule has 0 aromatic rings. The van der Waals surface area contributed by atoms with Gasteiger partial charge in [-0.25, -0.2) is 9.79 Å². The molecule has 22 heavy (non-hydrogen) atoms. The molecule has 2 rings (SSSR count). The third-order valence-electron chi connectivity index (χ3n) is 4.26. The Labute approximate surface area is 136 Å². The van der Waals surface area contributed by atoms with Gasteiger partial charge in [-0.1, -0.05) is 50.8 Å². The van der Waals surface area contributed by atoms with Crippen LogP contribution >= 0.6 is 11.8 Å². The molecule has 2 aliphatic heterocycles. The number of nitrogens with one attached hydrogen (secondary N) is 1. The van der Waals surface area contributed by atoms with E-state index in [9.17, 15) is 9.59 Å². The van der Waals surface area contributed by atoms with Crippen molar-refractivity contribution in [1.82, 2.24) is 15.1 Å². The van der Waals surface area contributed by atoms with Crippen molar-refractivity contribution >= 4 is 28.9 Å². The molecule has 2 unspecified atom stereocenters. The number of urea groups is 1. The lowest BCUT2D eigenvalue weighted by atomic mass is 10.1. The van der Waals surface area contributed by atoms with Crippen molar-refractivity contribution in [2.45, 2.75) is 57.7 Å². The second kappa shape index (κ2) is 7.85. The highest BCUT2D eigenvalue weighted by Crippen LogP contribution is 2.27. The van der Waals surface area contributed by atoms with Crippen LogP contribution in [-0.4, -0.2) is 59.0 Å². The summed E-state index contributed by atoms with van der Waals surface area (Å²) in [4.78, 5) is 32.1. The first kappa shape index (κ1) is 17.1. The Balaban J connectivity index is 1.93. The van der Waals surface area contributed by atoms with E-state index in [-0.39, 0.29) is 24.1 Å². The molecule has 0 bridgehead atoms. The predicted molar refractivity (Wildman–Crippen MR) is 89.9 cm³/mol. The predicted octanol–water partition coefficient (Wildman–Crippen LogP) is 2.26. The minimum Gasteiger partial charge on any atom is -0.336 e. The van der Waals surface area contributed by atoms with Crippen LogP contribution in [0.4, 0.5) is 4.79 Å². The first-order valence-electron chi connectivity index (χ1n) is 8.06. The number of carbonyl (C=O) groups is 2. The molecule has 0 aromatic heterocycles. The van der Waals surface area contributed by atoms with Gasteiger partial charge >= 0.3 is 6.03 Å². The number of unbranched alkanes of at least 4 members (excludes halogenated alkanes) is 5. The van der Waals surface area contributed by atoms with E-state index < -0.39 is 0 Å². The van der Waals surface area contributed by atoms with Crippen LogP contribution in [0.1, 0.15) is 45.4 Å². The lowest BCUT2D eigenvalue weighted by molar-refractivity contribution is -0.127. The summed E-state index contributed by atoms with van der Waals surface area (Å²) < 4.78 is 0. The lowest BCUT2D eigenvalue weighted by Crippen LogP contribution is -2.63. The Bertz CT molecular complexity index is 455. The van der Waals surface area contributed by atoms with E-state index in [0.29, 0.717) is 0 Å². The standard InChI is InChI=1S/C15H26N4O2S/c1-4-5-6-7-8-9-10-19-11-12(16-15(19)22-3)18(2)14(21)17-13(11)20/h11-12H,4-10H2,1-3H3,(H,17,20,21). The van der Waals surface area contributed by atoms with Gasteiger partial charge in [-0.3, -0.25) is 10.1 Å². The van der Waals surface area contributed by atoms with Crippen LogP contribution in [0.5, 0.6) is 0 Å². The van der Waals surface area contributed by atoms with Crippen molar-refractivity contribution in [3.8, 4) is 0 Å². The van der Waals surface area contributed by atoms with E-state index in [0.717, 1.165) is 18.1 Å². The molecule has 0 aliphatic carbocycles. The molecule has 3 amide bonds. The molecule has 1 saturated heterocycles. The van der Waals surface area contributed by atoms with Crippen LogP contribution in [0.3, 0.4) is 0 Å². The molecule has 2 heterocycles. The second-order valence-electron chi connectivity index (χ2n) is 5.84. The first-order valence-corrected chi connectivity index (χ1v) is 9.28. The van der Waals surface area contributed by atoms with Crippen molar-refractivity contribution in [3.05, 3.63) is 0 Å². The van der Waals surface area contributed by atoms with Crippen LogP contribution in [-0.2, 0) is 4.79 Å². The van der Waals surface area contributed by atoms with Crippen molar-refractivity contribution in [1.29, 1.82) is 0 Å². The van der Waals surface area contributed by atoms with E-state index in [1.807, 2.05) is 6.26 Å². The van der Waals surface area contributed by atoms with Gasteiger partial charge in [-0.05, 0) is 12.7 Å². The third-order valence-corrected chi connectivity index (χ3v) is 4.96. The molecular formula is C15H26N4O2S. The zero-order chi connectivity index (χ0) is 16.1. The van der Waals surface area contributed by atoms with Crippen molar-refractivity contribution in [3.63, 3.8) is 0 Å². The minimum atomic E-state index is -0.385. The van der Waals surface area contributed by atoms with Gasteiger partial charge in [-0.15, -0.1) is 0 Å². The highest BCUT2D eigenvalue weighted by Gasteiger charge is 2.47. The third kappa shape index (κ3) is 3.56. The number of amidine groups is 1. The van der Waals surface area contributed by atoms with Gasteiger partial charge in [0.2, 0.25) is 0 Å². The Morgan fingerprint density at radius 3 is 2.55 bits per heavy atom. The number of thioether (sulfide) groups is 1. The van der Waals surface area contributed by atoms with Crippen molar-refractivity contribution in [2.24, 2.45) is 4.99 Å². The summed E-state index contributed by atoms with van der Waals surface area (Å²) >= 11 is 1.54. The van der Waals surface area contributed by atoms with Crippen LogP contribution < -0.4 is 5.32 Å². The average Bonchev–Trinajstić information content (AvgIpc) is 2.88. The number of nitrogens with zero attached hydrogens (tertiary/aromatic N) is 3. The van der Waals surface area contributed by atoms with E-state index in [1.165, 1.54) is 37.0 Å². The zero-order valence-electron chi connectivity index (χ0n) is 13.7. The van der Waals surface area contributed by atoms with Gasteiger partial charge in [0.05, 0.1) is 0 Å². The van der Waals surface area contributed by atoms with Gasteiger partial charge in [0, 0.05) is 13.6 Å². The molecule has 2 atom stereocenters. The Hall–Kier alpha value is -1.24. The van der Waals surface area contributed by atoms with Crippen LogP contribution in [0, 0.1) is 0 Å². The minimum absolute atomic E-state index is 0.230. The number of imide groups is 1. The molecule has 1 N–H and O–H groups in total. The Kier molecular flexibility index (Phi) is 6.11. The molecule has 124 valence electrons.